The number of nitrogen functional groups attached to an aromatic ring is 1. The minimum Gasteiger partial charge on any atom is -0.421 e. The fourth-order valence-electron chi connectivity index (χ4n) is 2.58. The lowest BCUT2D eigenvalue weighted by Crippen LogP contribution is -2.41. The van der Waals surface area contributed by atoms with E-state index < -0.39 is 23.9 Å². The van der Waals surface area contributed by atoms with Gasteiger partial charge in [0.15, 0.2) is 0 Å². The van der Waals surface area contributed by atoms with Crippen LogP contribution in [0.5, 0.6) is 0 Å². The number of hydrogen-bond donors (Lipinski definition) is 1. The van der Waals surface area contributed by atoms with Gasteiger partial charge in [-0.1, -0.05) is 12.1 Å². The number of hydrogen-bond acceptors (Lipinski definition) is 5. The maximum absolute atomic E-state index is 11.7. The highest BCUT2D eigenvalue weighted by Crippen LogP contribution is 2.37. The molecule has 1 saturated heterocycles. The molecule has 0 spiro atoms. The Morgan fingerprint density at radius 1 is 1.09 bits per heavy atom. The van der Waals surface area contributed by atoms with Gasteiger partial charge in [-0.25, -0.2) is 4.79 Å². The predicted octanol–water partition coefficient (Wildman–Crippen LogP) is 1.98. The van der Waals surface area contributed by atoms with Crippen LogP contribution in [0.2, 0.25) is 0 Å². The van der Waals surface area contributed by atoms with Crippen molar-refractivity contribution < 1.29 is 13.7 Å². The second-order valence-corrected chi connectivity index (χ2v) is 6.78. The Labute approximate surface area is 129 Å². The average Bonchev–Trinajstić information content (AvgIpc) is 2.61. The molecule has 0 unspecified atom stereocenters. The van der Waals surface area contributed by atoms with Crippen molar-refractivity contribution in [3.63, 3.8) is 0 Å². The Morgan fingerprint density at radius 3 is 2.27 bits per heavy atom. The van der Waals surface area contributed by atoms with Gasteiger partial charge in [0.25, 0.3) is 0 Å². The van der Waals surface area contributed by atoms with Crippen LogP contribution in [0.15, 0.2) is 27.4 Å². The van der Waals surface area contributed by atoms with Crippen molar-refractivity contribution in [2.24, 2.45) is 0 Å². The van der Waals surface area contributed by atoms with Crippen LogP contribution in [0.3, 0.4) is 0 Å². The summed E-state index contributed by atoms with van der Waals surface area (Å²) >= 11 is 0. The summed E-state index contributed by atoms with van der Waals surface area (Å²) in [4.78, 5) is 11.7. The van der Waals surface area contributed by atoms with E-state index in [2.05, 4.69) is 0 Å². The highest BCUT2D eigenvalue weighted by molar-refractivity contribution is 6.63. The molecule has 0 amide bonds. The predicted molar refractivity (Wildman–Crippen MR) is 87.3 cm³/mol. The molecular weight excluding hydrogens is 281 g/mol. The zero-order valence-electron chi connectivity index (χ0n) is 13.5. The summed E-state index contributed by atoms with van der Waals surface area (Å²) in [5, 5.41) is 0.787. The minimum atomic E-state index is -0.526. The molecule has 5 nitrogen and oxygen atoms in total. The Hall–Kier alpha value is -1.79. The molecule has 3 rings (SSSR count). The summed E-state index contributed by atoms with van der Waals surface area (Å²) in [6, 6.07) is 5.42. The molecule has 0 saturated carbocycles. The van der Waals surface area contributed by atoms with Crippen LogP contribution >= 0.6 is 0 Å². The number of nitrogens with two attached hydrogens (primary N) is 1. The molecule has 0 radical (unpaired) electrons. The number of benzene rings is 1. The summed E-state index contributed by atoms with van der Waals surface area (Å²) in [6.45, 7) is 9.91. The zero-order chi connectivity index (χ0) is 16.3. The average molecular weight is 301 g/mol. The molecule has 1 aromatic heterocycles. The summed E-state index contributed by atoms with van der Waals surface area (Å²) in [5.41, 5.74) is 6.57. The molecule has 2 aromatic rings. The zero-order valence-corrected chi connectivity index (χ0v) is 13.5. The molecule has 1 aliphatic heterocycles. The third-order valence-corrected chi connectivity index (χ3v) is 4.73. The van der Waals surface area contributed by atoms with Gasteiger partial charge in [0.1, 0.15) is 11.3 Å². The van der Waals surface area contributed by atoms with E-state index in [0.717, 1.165) is 16.4 Å². The Balaban J connectivity index is 2.12. The molecule has 22 heavy (non-hydrogen) atoms. The van der Waals surface area contributed by atoms with Gasteiger partial charge in [-0.15, -0.1) is 0 Å². The molecule has 0 aliphatic carbocycles. The van der Waals surface area contributed by atoms with Crippen molar-refractivity contribution in [3.8, 4) is 0 Å². The molecule has 116 valence electrons. The van der Waals surface area contributed by atoms with Gasteiger partial charge in [0.05, 0.1) is 11.2 Å². The molecule has 6 heteroatoms. The second-order valence-electron chi connectivity index (χ2n) is 6.78. The maximum Gasteiger partial charge on any atom is 0.495 e. The first-order chi connectivity index (χ1) is 10.1. The third kappa shape index (κ3) is 2.14. The number of aryl methyl sites for hydroxylation is 1. The van der Waals surface area contributed by atoms with Crippen LogP contribution in [0, 0.1) is 6.92 Å². The van der Waals surface area contributed by atoms with Crippen LogP contribution in [0.25, 0.3) is 11.0 Å². The molecule has 2 N–H and O–H groups in total. The first-order valence-electron chi connectivity index (χ1n) is 7.31. The van der Waals surface area contributed by atoms with E-state index in [1.807, 2.05) is 46.8 Å². The van der Waals surface area contributed by atoms with Crippen LogP contribution in [-0.2, 0) is 9.31 Å². The second kappa shape index (κ2) is 4.60. The van der Waals surface area contributed by atoms with Gasteiger partial charge in [0, 0.05) is 5.39 Å². The largest absolute Gasteiger partial charge is 0.495 e. The van der Waals surface area contributed by atoms with E-state index >= 15 is 0 Å². The summed E-state index contributed by atoms with van der Waals surface area (Å²) in [7, 11) is -0.489. The van der Waals surface area contributed by atoms with Gasteiger partial charge in [-0.2, -0.15) is 0 Å². The normalized spacial score (nSPS) is 19.8. The summed E-state index contributed by atoms with van der Waals surface area (Å²) in [6.07, 6.45) is 0. The van der Waals surface area contributed by atoms with Gasteiger partial charge >= 0.3 is 12.7 Å². The first kappa shape index (κ1) is 15.1. The molecule has 0 bridgehead atoms. The number of anilines is 1. The standard InChI is InChI=1S/C16H20BNO4/c1-9-11(17-21-15(2,3)16(4,5)22-17)7-6-10-8-12(18)14(19)20-13(9)10/h6-8H,18H2,1-5H3. The minimum absolute atomic E-state index is 0.107. The van der Waals surface area contributed by atoms with E-state index in [1.165, 1.54) is 0 Å². The molecule has 0 atom stereocenters. The Kier molecular flexibility index (Phi) is 3.16. The van der Waals surface area contributed by atoms with Crippen LogP contribution in [0.4, 0.5) is 5.69 Å². The van der Waals surface area contributed by atoms with Crippen molar-refractivity contribution in [2.45, 2.75) is 45.8 Å². The van der Waals surface area contributed by atoms with E-state index in [1.54, 1.807) is 6.07 Å². The first-order valence-corrected chi connectivity index (χ1v) is 7.31. The van der Waals surface area contributed by atoms with Crippen molar-refractivity contribution >= 4 is 29.2 Å². The molecule has 1 fully saturated rings. The lowest BCUT2D eigenvalue weighted by molar-refractivity contribution is 0.00578. The molecular formula is C16H20BNO4. The molecule has 2 heterocycles. The summed E-state index contributed by atoms with van der Waals surface area (Å²) in [5.74, 6) is 0. The number of fused-ring (bicyclic) bond motifs is 1. The van der Waals surface area contributed by atoms with Crippen LogP contribution in [0.1, 0.15) is 33.3 Å². The van der Waals surface area contributed by atoms with Crippen molar-refractivity contribution in [3.05, 3.63) is 34.2 Å². The van der Waals surface area contributed by atoms with Gasteiger partial charge in [0.2, 0.25) is 0 Å². The van der Waals surface area contributed by atoms with Gasteiger partial charge < -0.3 is 19.5 Å². The fraction of sp³-hybridized carbons (Fsp3) is 0.438. The third-order valence-electron chi connectivity index (χ3n) is 4.73. The van der Waals surface area contributed by atoms with Crippen molar-refractivity contribution in [1.29, 1.82) is 0 Å². The fourth-order valence-corrected chi connectivity index (χ4v) is 2.58. The van der Waals surface area contributed by atoms with E-state index in [9.17, 15) is 4.79 Å². The Morgan fingerprint density at radius 2 is 1.68 bits per heavy atom. The monoisotopic (exact) mass is 301 g/mol. The highest BCUT2D eigenvalue weighted by Gasteiger charge is 2.52. The smallest absolute Gasteiger partial charge is 0.421 e. The van der Waals surface area contributed by atoms with Gasteiger partial charge in [-0.3, -0.25) is 0 Å². The maximum atomic E-state index is 11.7. The lowest BCUT2D eigenvalue weighted by atomic mass is 9.76. The van der Waals surface area contributed by atoms with Gasteiger partial charge in [-0.05, 0) is 51.7 Å². The van der Waals surface area contributed by atoms with E-state index in [0.29, 0.717) is 5.58 Å². The van der Waals surface area contributed by atoms with Crippen molar-refractivity contribution in [2.75, 3.05) is 5.73 Å². The van der Waals surface area contributed by atoms with Crippen LogP contribution < -0.4 is 16.8 Å². The summed E-state index contributed by atoms with van der Waals surface area (Å²) < 4.78 is 17.5. The molecule has 1 aromatic carbocycles. The topological polar surface area (TPSA) is 74.7 Å². The quantitative estimate of drug-likeness (QED) is 0.644. The highest BCUT2D eigenvalue weighted by atomic mass is 16.7. The van der Waals surface area contributed by atoms with Crippen molar-refractivity contribution in [1.82, 2.24) is 0 Å². The lowest BCUT2D eigenvalue weighted by Gasteiger charge is -2.32. The van der Waals surface area contributed by atoms with Crippen LogP contribution in [-0.4, -0.2) is 18.3 Å². The van der Waals surface area contributed by atoms with E-state index in [-0.39, 0.29) is 5.69 Å². The molecule has 1 aliphatic rings. The Bertz CT molecular complexity index is 794. The number of rotatable bonds is 1. The SMILES string of the molecule is Cc1c(B2OC(C)(C)C(C)(C)O2)ccc2cc(N)c(=O)oc12. The van der Waals surface area contributed by atoms with E-state index in [4.69, 9.17) is 19.5 Å².